The Morgan fingerprint density at radius 1 is 0.356 bits per heavy atom. The maximum atomic E-state index is 2.85. The van der Waals surface area contributed by atoms with E-state index in [1.807, 2.05) is 0 Å². The van der Waals surface area contributed by atoms with Gasteiger partial charge in [0.25, 0.3) is 6.71 Å². The van der Waals surface area contributed by atoms with Crippen LogP contribution in [0.15, 0.2) is 158 Å². The quantitative estimate of drug-likeness (QED) is 0.159. The Morgan fingerprint density at radius 2 is 0.874 bits per heavy atom. The second-order valence-electron chi connectivity index (χ2n) is 33.7. The summed E-state index contributed by atoms with van der Waals surface area (Å²) in [4.78, 5) is 8.37. The van der Waals surface area contributed by atoms with Crippen molar-refractivity contribution >= 4 is 68.6 Å². The Kier molecular flexibility index (Phi) is 12.7. The molecule has 446 valence electrons. The van der Waals surface area contributed by atoms with Gasteiger partial charge in [0.05, 0.1) is 11.2 Å². The minimum atomic E-state index is -0.249. The lowest BCUT2D eigenvalue weighted by Gasteiger charge is -2.52. The molecule has 0 N–H and O–H groups in total. The standard InChI is InChI=1S/C83H96BN3/c1-75(2,3)55-31-37-68(60(45-55)53-27-21-19-22-28-53)86-70-50-59(87-69-38-32-56(76(4,5)6)46-65(69)83(54-29-23-20-24-30-54)40-26-25-39-82(83,87)18)34-36-66(70)84-67-51-63-64(81(16,17)44-43-80(63,14)15)52-71(67)85(72-47-57(77(7,8)9)48-73(86)74(72)84)58-33-35-61-62(49-58)79(12,13)42-41-78(61,10)11/h19-24,27-38,45-52H,25-26,39-44H2,1-18H3. The predicted octanol–water partition coefficient (Wildman–Crippen LogP) is 20.8. The van der Waals surface area contributed by atoms with Gasteiger partial charge in [0, 0.05) is 50.8 Å². The van der Waals surface area contributed by atoms with Gasteiger partial charge in [0.1, 0.15) is 0 Å². The minimum Gasteiger partial charge on any atom is -0.334 e. The number of hydrogen-bond acceptors (Lipinski definition) is 3. The Hall–Kier alpha value is -6.78. The zero-order valence-corrected chi connectivity index (χ0v) is 56.1. The number of rotatable bonds is 5. The molecule has 0 spiro atoms. The zero-order valence-electron chi connectivity index (χ0n) is 56.1. The van der Waals surface area contributed by atoms with Crippen molar-refractivity contribution in [1.82, 2.24) is 0 Å². The SMILES string of the molecule is CC(C)(C)c1ccc(N2c3cc(N4c5ccc(C(C)(C)C)cc5C5(c6ccccc6)CCCCC45C)ccc3B3c4cc5c(cc4N(c4ccc6c(c4)C(C)(C)CCC6(C)C)c4cc(C(C)(C)C)cc2c43)C(C)(C)CCC5(C)C)c(-c2ccccc2)c1. The number of nitrogens with zero attached hydrogens (tertiary/aromatic N) is 3. The summed E-state index contributed by atoms with van der Waals surface area (Å²) >= 11 is 0. The summed E-state index contributed by atoms with van der Waals surface area (Å²) in [7, 11) is 0. The molecule has 3 aliphatic carbocycles. The number of hydrogen-bond donors (Lipinski definition) is 0. The molecule has 3 aliphatic heterocycles. The summed E-state index contributed by atoms with van der Waals surface area (Å²) in [5.41, 5.74) is 29.4. The summed E-state index contributed by atoms with van der Waals surface area (Å²) < 4.78 is 0. The van der Waals surface area contributed by atoms with Crippen LogP contribution in [0.1, 0.15) is 226 Å². The molecule has 87 heavy (non-hydrogen) atoms. The molecular weight excluding hydrogens is 1050 g/mol. The molecule has 1 fully saturated rings. The first-order valence-corrected chi connectivity index (χ1v) is 33.3. The normalized spacial score (nSPS) is 21.9. The molecule has 8 aromatic rings. The fraction of sp³-hybridized carbons (Fsp3) is 0.422. The van der Waals surface area contributed by atoms with E-state index in [4.69, 9.17) is 0 Å². The van der Waals surface area contributed by atoms with E-state index in [2.05, 4.69) is 297 Å². The van der Waals surface area contributed by atoms with Crippen molar-refractivity contribution in [1.29, 1.82) is 0 Å². The van der Waals surface area contributed by atoms with Gasteiger partial charge in [-0.2, -0.15) is 0 Å². The van der Waals surface area contributed by atoms with Gasteiger partial charge in [-0.1, -0.05) is 228 Å². The Balaban J connectivity index is 1.12. The maximum Gasteiger partial charge on any atom is 0.252 e. The fourth-order valence-electron chi connectivity index (χ4n) is 17.5. The molecule has 2 unspecified atom stereocenters. The molecule has 0 aromatic heterocycles. The van der Waals surface area contributed by atoms with Crippen LogP contribution in [0.5, 0.6) is 0 Å². The third-order valence-corrected chi connectivity index (χ3v) is 23.1. The van der Waals surface area contributed by atoms with Crippen LogP contribution in [-0.2, 0) is 43.3 Å². The van der Waals surface area contributed by atoms with Crippen molar-refractivity contribution in [2.75, 3.05) is 14.7 Å². The van der Waals surface area contributed by atoms with Crippen LogP contribution in [0.25, 0.3) is 11.1 Å². The molecule has 1 saturated carbocycles. The van der Waals surface area contributed by atoms with E-state index < -0.39 is 0 Å². The second-order valence-corrected chi connectivity index (χ2v) is 33.7. The number of fused-ring (bicyclic) bond motifs is 9. The average molecular weight is 1150 g/mol. The van der Waals surface area contributed by atoms with Gasteiger partial charge in [-0.3, -0.25) is 0 Å². The Morgan fingerprint density at radius 3 is 1.49 bits per heavy atom. The van der Waals surface area contributed by atoms with Crippen LogP contribution < -0.4 is 31.1 Å². The van der Waals surface area contributed by atoms with Crippen molar-refractivity contribution in [2.45, 2.75) is 225 Å². The monoisotopic (exact) mass is 1150 g/mol. The van der Waals surface area contributed by atoms with E-state index in [0.717, 1.165) is 25.7 Å². The van der Waals surface area contributed by atoms with E-state index in [1.165, 1.54) is 149 Å². The molecule has 3 nitrogen and oxygen atoms in total. The van der Waals surface area contributed by atoms with Crippen molar-refractivity contribution in [2.24, 2.45) is 0 Å². The number of anilines is 8. The highest BCUT2D eigenvalue weighted by molar-refractivity contribution is 7.00. The first-order valence-electron chi connectivity index (χ1n) is 33.3. The van der Waals surface area contributed by atoms with E-state index >= 15 is 0 Å². The summed E-state index contributed by atoms with van der Waals surface area (Å²) in [5.74, 6) is 0. The van der Waals surface area contributed by atoms with Crippen LogP contribution in [0.4, 0.5) is 45.5 Å². The second kappa shape index (κ2) is 19.1. The summed E-state index contributed by atoms with van der Waals surface area (Å²) in [6, 6.07) is 64.1. The predicted molar refractivity (Wildman–Crippen MR) is 375 cm³/mol. The van der Waals surface area contributed by atoms with Gasteiger partial charge >= 0.3 is 0 Å². The smallest absolute Gasteiger partial charge is 0.252 e. The van der Waals surface area contributed by atoms with E-state index in [-0.39, 0.29) is 55.6 Å². The topological polar surface area (TPSA) is 9.72 Å². The van der Waals surface area contributed by atoms with Crippen LogP contribution >= 0.6 is 0 Å². The molecule has 0 saturated heterocycles. The van der Waals surface area contributed by atoms with Gasteiger partial charge in [0.15, 0.2) is 0 Å². The Bertz CT molecular complexity index is 4100. The molecule has 2 atom stereocenters. The lowest BCUT2D eigenvalue weighted by molar-refractivity contribution is 0.215. The van der Waals surface area contributed by atoms with Crippen LogP contribution in [0, 0.1) is 0 Å². The average Bonchev–Trinajstić information content (AvgIpc) is 1.69. The Labute approximate surface area is 524 Å². The summed E-state index contributed by atoms with van der Waals surface area (Å²) in [5, 5.41) is 0. The molecule has 14 rings (SSSR count). The van der Waals surface area contributed by atoms with Crippen LogP contribution in [0.3, 0.4) is 0 Å². The van der Waals surface area contributed by atoms with Gasteiger partial charge < -0.3 is 14.7 Å². The van der Waals surface area contributed by atoms with Crippen LogP contribution in [-0.4, -0.2) is 12.3 Å². The van der Waals surface area contributed by atoms with E-state index in [1.54, 1.807) is 0 Å². The summed E-state index contributed by atoms with van der Waals surface area (Å²) in [6.45, 7) is 44.1. The van der Waals surface area contributed by atoms with Crippen molar-refractivity contribution in [3.05, 3.63) is 208 Å². The van der Waals surface area contributed by atoms with Gasteiger partial charge in [-0.25, -0.2) is 0 Å². The lowest BCUT2D eigenvalue weighted by Crippen LogP contribution is -2.62. The first kappa shape index (κ1) is 57.9. The zero-order chi connectivity index (χ0) is 61.6. The van der Waals surface area contributed by atoms with Crippen molar-refractivity contribution in [3.63, 3.8) is 0 Å². The molecule has 0 bridgehead atoms. The van der Waals surface area contributed by atoms with Crippen molar-refractivity contribution in [3.8, 4) is 11.1 Å². The van der Waals surface area contributed by atoms with E-state index in [0.29, 0.717) is 0 Å². The first-order chi connectivity index (χ1) is 40.9. The highest BCUT2D eigenvalue weighted by Gasteiger charge is 2.62. The van der Waals surface area contributed by atoms with Crippen LogP contribution in [0.2, 0.25) is 0 Å². The highest BCUT2D eigenvalue weighted by Crippen LogP contribution is 2.65. The molecule has 6 aliphatic rings. The minimum absolute atomic E-state index is 0.00162. The van der Waals surface area contributed by atoms with Gasteiger partial charge in [-0.15, -0.1) is 0 Å². The van der Waals surface area contributed by atoms with Crippen molar-refractivity contribution < 1.29 is 0 Å². The van der Waals surface area contributed by atoms with E-state index in [9.17, 15) is 0 Å². The number of benzene rings is 8. The summed E-state index contributed by atoms with van der Waals surface area (Å²) in [6.07, 6.45) is 9.27. The third-order valence-electron chi connectivity index (χ3n) is 23.1. The maximum absolute atomic E-state index is 2.85. The molecule has 0 radical (unpaired) electrons. The van der Waals surface area contributed by atoms with Gasteiger partial charge in [-0.05, 0) is 216 Å². The highest BCUT2D eigenvalue weighted by atomic mass is 15.3. The molecule has 0 amide bonds. The lowest BCUT2D eigenvalue weighted by atomic mass is 9.33. The third kappa shape index (κ3) is 8.69. The fourth-order valence-corrected chi connectivity index (χ4v) is 17.5. The molecule has 4 heteroatoms. The van der Waals surface area contributed by atoms with Gasteiger partial charge in [0.2, 0.25) is 0 Å². The molecule has 8 aromatic carbocycles. The molecular formula is C83H96BN3. The molecule has 3 heterocycles. The largest absolute Gasteiger partial charge is 0.334 e.